The highest BCUT2D eigenvalue weighted by Crippen LogP contribution is 2.63. The number of aliphatic hydroxyl groups excluding tert-OH is 1. The maximum atomic E-state index is 14.0. The minimum Gasteiger partial charge on any atom is -0.388 e. The van der Waals surface area contributed by atoms with Gasteiger partial charge in [0.15, 0.2) is 0 Å². The third kappa shape index (κ3) is 4.46. The van der Waals surface area contributed by atoms with E-state index in [1.807, 2.05) is 0 Å². The van der Waals surface area contributed by atoms with Crippen LogP contribution in [-0.2, 0) is 0 Å². The standard InChI is InChI=1S/C17H14F15NO/c1-33(2)9-5-3-4-8(6-9)10(34)7-11(18,19)12(20,21)13(22,23)14(24,25)15(26,27)16(28,29)17(30,31)32/h3-6,10,34H,7H2,1-2H3. The van der Waals surface area contributed by atoms with E-state index in [9.17, 15) is 71.0 Å². The molecule has 0 bridgehead atoms. The fourth-order valence-corrected chi connectivity index (χ4v) is 2.50. The zero-order valence-electron chi connectivity index (χ0n) is 16.7. The van der Waals surface area contributed by atoms with Gasteiger partial charge in [0.25, 0.3) is 0 Å². The molecule has 0 aliphatic carbocycles. The third-order valence-electron chi connectivity index (χ3n) is 4.61. The average Bonchev–Trinajstić information content (AvgIpc) is 2.65. The Balaban J connectivity index is 3.45. The molecule has 0 radical (unpaired) electrons. The van der Waals surface area contributed by atoms with Gasteiger partial charge in [-0.25, -0.2) is 0 Å². The van der Waals surface area contributed by atoms with Crippen LogP contribution in [0, 0.1) is 0 Å². The van der Waals surface area contributed by atoms with Crippen molar-refractivity contribution < 1.29 is 71.0 Å². The molecule has 0 heterocycles. The molecule has 0 saturated carbocycles. The molecule has 1 atom stereocenters. The molecule has 34 heavy (non-hydrogen) atoms. The Hall–Kier alpha value is -2.07. The van der Waals surface area contributed by atoms with Crippen molar-refractivity contribution in [3.05, 3.63) is 29.8 Å². The minimum atomic E-state index is -8.35. The Morgan fingerprint density at radius 2 is 1.09 bits per heavy atom. The lowest BCUT2D eigenvalue weighted by molar-refractivity contribution is -0.453. The number of benzene rings is 1. The lowest BCUT2D eigenvalue weighted by Crippen LogP contribution is -2.72. The van der Waals surface area contributed by atoms with E-state index in [0.717, 1.165) is 18.2 Å². The molecule has 0 aliphatic rings. The normalized spacial score (nSPS) is 15.9. The van der Waals surface area contributed by atoms with Gasteiger partial charge in [0.2, 0.25) is 0 Å². The average molecular weight is 533 g/mol. The van der Waals surface area contributed by atoms with E-state index in [0.29, 0.717) is 0 Å². The summed E-state index contributed by atoms with van der Waals surface area (Å²) >= 11 is 0. The molecule has 0 aromatic heterocycles. The van der Waals surface area contributed by atoms with E-state index < -0.39 is 59.8 Å². The molecule has 1 N–H and O–H groups in total. The number of anilines is 1. The van der Waals surface area contributed by atoms with Crippen LogP contribution in [0.3, 0.4) is 0 Å². The Bertz CT molecular complexity index is 863. The summed E-state index contributed by atoms with van der Waals surface area (Å²) in [6.07, 6.45) is -13.3. The number of aliphatic hydroxyl groups is 1. The van der Waals surface area contributed by atoms with Crippen LogP contribution in [0.4, 0.5) is 71.5 Å². The van der Waals surface area contributed by atoms with Crippen LogP contribution in [0.2, 0.25) is 0 Å². The second kappa shape index (κ2) is 8.55. The summed E-state index contributed by atoms with van der Waals surface area (Å²) in [5, 5.41) is 9.71. The molecule has 0 spiro atoms. The molecular formula is C17H14F15NO. The van der Waals surface area contributed by atoms with E-state index >= 15 is 0 Å². The largest absolute Gasteiger partial charge is 0.460 e. The van der Waals surface area contributed by atoms with Crippen molar-refractivity contribution in [1.29, 1.82) is 0 Å². The van der Waals surface area contributed by atoms with Crippen LogP contribution in [0.1, 0.15) is 18.1 Å². The van der Waals surface area contributed by atoms with Crippen LogP contribution < -0.4 is 4.90 Å². The van der Waals surface area contributed by atoms with Crippen LogP contribution >= 0.6 is 0 Å². The summed E-state index contributed by atoms with van der Waals surface area (Å²) < 4.78 is 198. The molecule has 1 aromatic carbocycles. The molecule has 198 valence electrons. The van der Waals surface area contributed by atoms with Gasteiger partial charge in [-0.1, -0.05) is 12.1 Å². The highest BCUT2D eigenvalue weighted by Gasteiger charge is 2.93. The summed E-state index contributed by atoms with van der Waals surface area (Å²) in [7, 11) is 2.77. The van der Waals surface area contributed by atoms with E-state index in [1.54, 1.807) is 0 Å². The lowest BCUT2D eigenvalue weighted by Gasteiger charge is -2.41. The topological polar surface area (TPSA) is 23.5 Å². The SMILES string of the molecule is CN(C)c1cccc(C(O)CC(F)(F)C(F)(F)C(F)(F)C(F)(F)C(F)(F)C(F)(F)C(F)(F)F)c1. The minimum absolute atomic E-state index is 0.137. The predicted octanol–water partition coefficient (Wildman–Crippen LogP) is 6.55. The number of hydrogen-bond acceptors (Lipinski definition) is 2. The van der Waals surface area contributed by atoms with Crippen molar-refractivity contribution in [3.8, 4) is 0 Å². The van der Waals surface area contributed by atoms with Crippen molar-refractivity contribution in [1.82, 2.24) is 0 Å². The molecule has 1 aromatic rings. The maximum Gasteiger partial charge on any atom is 0.460 e. The molecular weight excluding hydrogens is 519 g/mol. The molecule has 0 fully saturated rings. The first-order valence-corrected chi connectivity index (χ1v) is 8.58. The summed E-state index contributed by atoms with van der Waals surface area (Å²) in [6, 6.07) is 4.02. The van der Waals surface area contributed by atoms with Gasteiger partial charge in [0.05, 0.1) is 6.10 Å². The van der Waals surface area contributed by atoms with E-state index in [2.05, 4.69) is 0 Å². The van der Waals surface area contributed by atoms with Crippen LogP contribution in [0.5, 0.6) is 0 Å². The number of alkyl halides is 15. The van der Waals surface area contributed by atoms with E-state index in [1.165, 1.54) is 25.1 Å². The first kappa shape index (κ1) is 30.0. The van der Waals surface area contributed by atoms with Gasteiger partial charge in [0, 0.05) is 26.2 Å². The summed E-state index contributed by atoms with van der Waals surface area (Å²) in [4.78, 5) is 1.29. The maximum absolute atomic E-state index is 14.0. The number of rotatable bonds is 9. The monoisotopic (exact) mass is 533 g/mol. The fourth-order valence-electron chi connectivity index (χ4n) is 2.50. The van der Waals surface area contributed by atoms with Gasteiger partial charge in [-0.3, -0.25) is 0 Å². The Labute approximate surface area is 180 Å². The number of nitrogens with zero attached hydrogens (tertiary/aromatic N) is 1. The highest BCUT2D eigenvalue weighted by molar-refractivity contribution is 5.47. The van der Waals surface area contributed by atoms with Crippen molar-refractivity contribution >= 4 is 5.69 Å². The van der Waals surface area contributed by atoms with Gasteiger partial charge < -0.3 is 10.0 Å². The van der Waals surface area contributed by atoms with Gasteiger partial charge in [-0.05, 0) is 17.7 Å². The first-order chi connectivity index (χ1) is 14.8. The van der Waals surface area contributed by atoms with Gasteiger partial charge >= 0.3 is 41.7 Å². The molecule has 0 amide bonds. The summed E-state index contributed by atoms with van der Waals surface area (Å²) in [5.74, 6) is -47.0. The smallest absolute Gasteiger partial charge is 0.388 e. The Morgan fingerprint density at radius 1 is 0.676 bits per heavy atom. The van der Waals surface area contributed by atoms with Gasteiger partial charge in [-0.2, -0.15) is 65.9 Å². The van der Waals surface area contributed by atoms with Gasteiger partial charge in [-0.15, -0.1) is 0 Å². The van der Waals surface area contributed by atoms with Crippen molar-refractivity contribution in [2.45, 2.75) is 54.2 Å². The van der Waals surface area contributed by atoms with Crippen molar-refractivity contribution in [2.24, 2.45) is 0 Å². The second-order valence-corrected chi connectivity index (χ2v) is 7.28. The number of halogens is 15. The zero-order chi connectivity index (χ0) is 27.3. The molecule has 2 nitrogen and oxygen atoms in total. The predicted molar refractivity (Wildman–Crippen MR) is 86.1 cm³/mol. The lowest BCUT2D eigenvalue weighted by atomic mass is 9.88. The quantitative estimate of drug-likeness (QED) is 0.364. The van der Waals surface area contributed by atoms with Crippen molar-refractivity contribution in [2.75, 3.05) is 19.0 Å². The first-order valence-electron chi connectivity index (χ1n) is 8.58. The fraction of sp³-hybridized carbons (Fsp3) is 0.647. The molecule has 17 heteroatoms. The highest BCUT2D eigenvalue weighted by atomic mass is 19.4. The van der Waals surface area contributed by atoms with E-state index in [4.69, 9.17) is 0 Å². The van der Waals surface area contributed by atoms with Crippen molar-refractivity contribution in [3.63, 3.8) is 0 Å². The molecule has 0 aliphatic heterocycles. The van der Waals surface area contributed by atoms with E-state index in [-0.39, 0.29) is 5.69 Å². The molecule has 1 rings (SSSR count). The summed E-state index contributed by atoms with van der Waals surface area (Å²) in [5.41, 5.74) is -0.525. The second-order valence-electron chi connectivity index (χ2n) is 7.28. The Kier molecular flexibility index (Phi) is 7.53. The summed E-state index contributed by atoms with van der Waals surface area (Å²) in [6.45, 7) is 0. The molecule has 1 unspecified atom stereocenters. The third-order valence-corrected chi connectivity index (χ3v) is 4.61. The van der Waals surface area contributed by atoms with Crippen LogP contribution in [0.15, 0.2) is 24.3 Å². The van der Waals surface area contributed by atoms with Crippen LogP contribution in [-0.4, -0.2) is 60.9 Å². The number of hydrogen-bond donors (Lipinski definition) is 1. The zero-order valence-corrected chi connectivity index (χ0v) is 16.7. The van der Waals surface area contributed by atoms with Crippen LogP contribution in [0.25, 0.3) is 0 Å². The van der Waals surface area contributed by atoms with Gasteiger partial charge in [0.1, 0.15) is 0 Å². The Morgan fingerprint density at radius 3 is 1.50 bits per heavy atom. The molecule has 0 saturated heterocycles.